The molecular weight excluding hydrogens is 424 g/mol. The highest BCUT2D eigenvalue weighted by Crippen LogP contribution is 2.34. The fraction of sp³-hybridized carbons (Fsp3) is 0.577. The Kier molecular flexibility index (Phi) is 7.49. The first-order valence-electron chi connectivity index (χ1n) is 11.5. The molecule has 3 atom stereocenters. The van der Waals surface area contributed by atoms with Crippen LogP contribution in [-0.2, 0) is 21.4 Å². The summed E-state index contributed by atoms with van der Waals surface area (Å²) in [7, 11) is 0. The molecule has 2 heterocycles. The van der Waals surface area contributed by atoms with Gasteiger partial charge in [0.05, 0.1) is 11.7 Å². The number of aryl methyl sites for hydroxylation is 1. The smallest absolute Gasteiger partial charge is 0.234 e. The van der Waals surface area contributed by atoms with Gasteiger partial charge >= 0.3 is 0 Å². The molecule has 1 aromatic carbocycles. The standard InChI is InChI=1S/C26H35ClN2O3/c1-16(2)24(22-14-23(28-32-22)26(4,5)6)25(31)29-15-17(3)13-20(29)21(30)12-9-18-7-10-19(27)11-8-18/h7-8,10-11,14,16-17,20,24H,9,12-13,15H2,1-6H3. The summed E-state index contributed by atoms with van der Waals surface area (Å²) in [5.41, 5.74) is 1.74. The zero-order chi connectivity index (χ0) is 23.6. The summed E-state index contributed by atoms with van der Waals surface area (Å²) in [6.07, 6.45) is 1.76. The van der Waals surface area contributed by atoms with Crippen molar-refractivity contribution in [2.75, 3.05) is 6.54 Å². The van der Waals surface area contributed by atoms with E-state index >= 15 is 0 Å². The molecule has 0 aliphatic carbocycles. The van der Waals surface area contributed by atoms with Gasteiger partial charge in [0.15, 0.2) is 5.78 Å². The van der Waals surface area contributed by atoms with Crippen LogP contribution in [0.25, 0.3) is 0 Å². The molecular formula is C26H35ClN2O3. The third kappa shape index (κ3) is 5.61. The van der Waals surface area contributed by atoms with E-state index in [4.69, 9.17) is 16.1 Å². The fourth-order valence-corrected chi connectivity index (χ4v) is 4.51. The van der Waals surface area contributed by atoms with E-state index in [1.807, 2.05) is 44.2 Å². The summed E-state index contributed by atoms with van der Waals surface area (Å²) in [4.78, 5) is 28.6. The maximum Gasteiger partial charge on any atom is 0.234 e. The van der Waals surface area contributed by atoms with Crippen molar-refractivity contribution >= 4 is 23.3 Å². The maximum atomic E-state index is 13.7. The topological polar surface area (TPSA) is 63.4 Å². The SMILES string of the molecule is CC1CC(C(=O)CCc2ccc(Cl)cc2)N(C(=O)C(c2cc(C(C)(C)C)no2)C(C)C)C1. The van der Waals surface area contributed by atoms with Gasteiger partial charge < -0.3 is 9.42 Å². The molecule has 1 saturated heterocycles. The number of hydrogen-bond donors (Lipinski definition) is 0. The normalized spacial score (nSPS) is 20.1. The average molecular weight is 459 g/mol. The van der Waals surface area contributed by atoms with Gasteiger partial charge in [-0.15, -0.1) is 0 Å². The number of halogens is 1. The summed E-state index contributed by atoms with van der Waals surface area (Å²) in [5.74, 6) is 0.538. The van der Waals surface area contributed by atoms with E-state index in [-0.39, 0.29) is 35.0 Å². The second-order valence-electron chi connectivity index (χ2n) is 10.5. The van der Waals surface area contributed by atoms with Crippen LogP contribution in [0.1, 0.15) is 77.3 Å². The number of hydrogen-bond acceptors (Lipinski definition) is 4. The molecule has 5 nitrogen and oxygen atoms in total. The van der Waals surface area contributed by atoms with Crippen molar-refractivity contribution in [1.82, 2.24) is 10.1 Å². The second-order valence-corrected chi connectivity index (χ2v) is 11.0. The minimum absolute atomic E-state index is 0.0315. The van der Waals surface area contributed by atoms with Gasteiger partial charge in [-0.1, -0.05) is 70.4 Å². The van der Waals surface area contributed by atoms with E-state index in [2.05, 4.69) is 32.9 Å². The summed E-state index contributed by atoms with van der Waals surface area (Å²) < 4.78 is 5.64. The molecule has 1 fully saturated rings. The Morgan fingerprint density at radius 3 is 2.44 bits per heavy atom. The lowest BCUT2D eigenvalue weighted by Gasteiger charge is -2.29. The molecule has 3 rings (SSSR count). The van der Waals surface area contributed by atoms with Crippen LogP contribution < -0.4 is 0 Å². The average Bonchev–Trinajstić information content (AvgIpc) is 3.34. The number of ketones is 1. The lowest BCUT2D eigenvalue weighted by molar-refractivity contribution is -0.140. The molecule has 2 aromatic rings. The molecule has 32 heavy (non-hydrogen) atoms. The third-order valence-corrected chi connectivity index (χ3v) is 6.53. The second kappa shape index (κ2) is 9.78. The minimum atomic E-state index is -0.449. The van der Waals surface area contributed by atoms with Crippen molar-refractivity contribution in [3.05, 3.63) is 52.4 Å². The number of benzene rings is 1. The van der Waals surface area contributed by atoms with E-state index in [0.717, 1.165) is 11.3 Å². The predicted octanol–water partition coefficient (Wildman–Crippen LogP) is 5.80. The van der Waals surface area contributed by atoms with E-state index < -0.39 is 5.92 Å². The quantitative estimate of drug-likeness (QED) is 0.525. The molecule has 1 aliphatic rings. The van der Waals surface area contributed by atoms with Gasteiger partial charge in [0.25, 0.3) is 0 Å². The number of rotatable bonds is 7. The lowest BCUT2D eigenvalue weighted by Crippen LogP contribution is -2.44. The molecule has 0 spiro atoms. The Hall–Kier alpha value is -2.14. The van der Waals surface area contributed by atoms with Crippen LogP contribution in [-0.4, -0.2) is 34.3 Å². The maximum absolute atomic E-state index is 13.7. The Morgan fingerprint density at radius 2 is 1.88 bits per heavy atom. The van der Waals surface area contributed by atoms with Crippen molar-refractivity contribution in [3.63, 3.8) is 0 Å². The Labute approximate surface area is 196 Å². The highest BCUT2D eigenvalue weighted by molar-refractivity contribution is 6.30. The number of carbonyl (C=O) groups is 2. The van der Waals surface area contributed by atoms with E-state index in [0.29, 0.717) is 36.6 Å². The molecule has 1 amide bonds. The van der Waals surface area contributed by atoms with Gasteiger partial charge in [0.2, 0.25) is 5.91 Å². The predicted molar refractivity (Wildman–Crippen MR) is 127 cm³/mol. The highest BCUT2D eigenvalue weighted by Gasteiger charge is 2.42. The Balaban J connectivity index is 1.76. The zero-order valence-electron chi connectivity index (χ0n) is 20.0. The molecule has 0 saturated carbocycles. The summed E-state index contributed by atoms with van der Waals surface area (Å²) in [5, 5.41) is 4.90. The van der Waals surface area contributed by atoms with Crippen molar-refractivity contribution < 1.29 is 14.1 Å². The van der Waals surface area contributed by atoms with Crippen LogP contribution >= 0.6 is 11.6 Å². The van der Waals surface area contributed by atoms with Gasteiger partial charge in [-0.2, -0.15) is 0 Å². The van der Waals surface area contributed by atoms with Crippen molar-refractivity contribution in [2.45, 2.75) is 78.2 Å². The van der Waals surface area contributed by atoms with Crippen LogP contribution in [0.4, 0.5) is 0 Å². The molecule has 6 heteroatoms. The molecule has 0 N–H and O–H groups in total. The number of Topliss-reactive ketones (excluding diaryl/α,β-unsaturated/α-hetero) is 1. The number of likely N-dealkylation sites (tertiary alicyclic amines) is 1. The molecule has 1 aromatic heterocycles. The van der Waals surface area contributed by atoms with Crippen LogP contribution in [0.5, 0.6) is 0 Å². The van der Waals surface area contributed by atoms with Crippen LogP contribution in [0, 0.1) is 11.8 Å². The van der Waals surface area contributed by atoms with Crippen LogP contribution in [0.15, 0.2) is 34.9 Å². The number of nitrogens with zero attached hydrogens (tertiary/aromatic N) is 2. The molecule has 0 bridgehead atoms. The summed E-state index contributed by atoms with van der Waals surface area (Å²) >= 11 is 5.96. The van der Waals surface area contributed by atoms with E-state index in [1.54, 1.807) is 4.90 Å². The monoisotopic (exact) mass is 458 g/mol. The van der Waals surface area contributed by atoms with E-state index in [9.17, 15) is 9.59 Å². The Morgan fingerprint density at radius 1 is 1.22 bits per heavy atom. The largest absolute Gasteiger partial charge is 0.360 e. The van der Waals surface area contributed by atoms with Gasteiger partial charge in [-0.05, 0) is 42.4 Å². The molecule has 3 unspecified atom stereocenters. The molecule has 174 valence electrons. The zero-order valence-corrected chi connectivity index (χ0v) is 20.8. The first-order valence-corrected chi connectivity index (χ1v) is 11.9. The minimum Gasteiger partial charge on any atom is -0.360 e. The molecule has 1 aliphatic heterocycles. The number of aromatic nitrogens is 1. The van der Waals surface area contributed by atoms with Crippen molar-refractivity contribution in [2.24, 2.45) is 11.8 Å². The van der Waals surface area contributed by atoms with Gasteiger partial charge in [-0.3, -0.25) is 9.59 Å². The van der Waals surface area contributed by atoms with Crippen LogP contribution in [0.3, 0.4) is 0 Å². The number of carbonyl (C=O) groups excluding carboxylic acids is 2. The summed E-state index contributed by atoms with van der Waals surface area (Å²) in [6.45, 7) is 12.9. The molecule has 0 radical (unpaired) electrons. The van der Waals surface area contributed by atoms with Gasteiger partial charge in [-0.25, -0.2) is 0 Å². The van der Waals surface area contributed by atoms with Crippen molar-refractivity contribution in [1.29, 1.82) is 0 Å². The fourth-order valence-electron chi connectivity index (χ4n) is 4.38. The first-order chi connectivity index (χ1) is 15.0. The van der Waals surface area contributed by atoms with Crippen LogP contribution in [0.2, 0.25) is 5.02 Å². The van der Waals surface area contributed by atoms with Gasteiger partial charge in [0.1, 0.15) is 11.7 Å². The first kappa shape index (κ1) is 24.5. The third-order valence-electron chi connectivity index (χ3n) is 6.27. The Bertz CT molecular complexity index is 943. The summed E-state index contributed by atoms with van der Waals surface area (Å²) in [6, 6.07) is 9.09. The number of amides is 1. The van der Waals surface area contributed by atoms with Crippen molar-refractivity contribution in [3.8, 4) is 0 Å². The lowest BCUT2D eigenvalue weighted by atomic mass is 9.88. The van der Waals surface area contributed by atoms with E-state index in [1.165, 1.54) is 0 Å². The van der Waals surface area contributed by atoms with Gasteiger partial charge in [0, 0.05) is 29.5 Å². The highest BCUT2D eigenvalue weighted by atomic mass is 35.5.